The maximum Gasteiger partial charge on any atom is 0.319 e. The zero-order valence-corrected chi connectivity index (χ0v) is 16.6. The summed E-state index contributed by atoms with van der Waals surface area (Å²) in [5.41, 5.74) is -0.994. The van der Waals surface area contributed by atoms with Crippen molar-refractivity contribution >= 4 is 29.3 Å². The lowest BCUT2D eigenvalue weighted by atomic mass is 10.2. The van der Waals surface area contributed by atoms with E-state index in [4.69, 9.17) is 4.74 Å². The molecule has 8 heteroatoms. The van der Waals surface area contributed by atoms with Crippen LogP contribution in [0.15, 0.2) is 41.3 Å². The van der Waals surface area contributed by atoms with Crippen molar-refractivity contribution < 1.29 is 27.5 Å². The fourth-order valence-electron chi connectivity index (χ4n) is 2.16. The van der Waals surface area contributed by atoms with E-state index >= 15 is 0 Å². The maximum atomic E-state index is 14.1. The number of benzene rings is 2. The van der Waals surface area contributed by atoms with E-state index in [9.17, 15) is 22.8 Å². The van der Waals surface area contributed by atoms with E-state index < -0.39 is 40.2 Å². The largest absolute Gasteiger partial charge is 0.459 e. The molecule has 4 nitrogen and oxygen atoms in total. The fraction of sp³-hybridized carbons (Fsp3) is 0.300. The summed E-state index contributed by atoms with van der Waals surface area (Å²) in [4.78, 5) is 24.2. The third-order valence-electron chi connectivity index (χ3n) is 3.40. The molecule has 0 aliphatic rings. The van der Waals surface area contributed by atoms with Crippen LogP contribution in [0.3, 0.4) is 0 Å². The maximum absolute atomic E-state index is 14.1. The molecular formula is C20H20F3NO3S. The highest BCUT2D eigenvalue weighted by Gasteiger charge is 2.24. The van der Waals surface area contributed by atoms with Crippen LogP contribution in [0.5, 0.6) is 0 Å². The number of carbonyl (C=O) groups is 2. The molecule has 0 aliphatic carbocycles. The summed E-state index contributed by atoms with van der Waals surface area (Å²) in [5, 5.41) is 1.53. The molecule has 0 aliphatic heterocycles. The Morgan fingerprint density at radius 2 is 1.75 bits per heavy atom. The third-order valence-corrected chi connectivity index (χ3v) is 4.51. The summed E-state index contributed by atoms with van der Waals surface area (Å²) in [6.45, 7) is 6.66. The first-order valence-corrected chi connectivity index (χ1v) is 9.30. The molecule has 1 atom stereocenters. The van der Waals surface area contributed by atoms with Crippen molar-refractivity contribution in [1.29, 1.82) is 0 Å². The number of hydrogen-bond acceptors (Lipinski definition) is 4. The van der Waals surface area contributed by atoms with Gasteiger partial charge in [-0.05, 0) is 52.0 Å². The van der Waals surface area contributed by atoms with E-state index in [0.29, 0.717) is 6.07 Å². The van der Waals surface area contributed by atoms with Crippen molar-refractivity contribution in [3.63, 3.8) is 0 Å². The zero-order valence-electron chi connectivity index (χ0n) is 15.8. The van der Waals surface area contributed by atoms with Gasteiger partial charge in [0.25, 0.3) is 5.91 Å². The topological polar surface area (TPSA) is 55.4 Å². The third kappa shape index (κ3) is 6.02. The standard InChI is InChI=1S/C20H20F3NO3S/c1-11(19(26)27-20(2,3)4)28-17-10-16(14(22)9-15(17)23)24-18(25)12-6-5-7-13(21)8-12/h5-11H,1-4H3,(H,24,25). The molecule has 0 saturated carbocycles. The molecule has 1 amide bonds. The van der Waals surface area contributed by atoms with Crippen molar-refractivity contribution in [3.8, 4) is 0 Å². The van der Waals surface area contributed by atoms with Gasteiger partial charge in [-0.1, -0.05) is 6.07 Å². The molecule has 0 radical (unpaired) electrons. The number of ether oxygens (including phenoxy) is 1. The lowest BCUT2D eigenvalue weighted by molar-refractivity contribution is -0.153. The lowest BCUT2D eigenvalue weighted by Gasteiger charge is -2.22. The first-order chi connectivity index (χ1) is 13.0. The number of carbonyl (C=O) groups excluding carboxylic acids is 2. The van der Waals surface area contributed by atoms with Crippen molar-refractivity contribution in [2.45, 2.75) is 43.4 Å². The van der Waals surface area contributed by atoms with Gasteiger partial charge in [-0.3, -0.25) is 9.59 Å². The van der Waals surface area contributed by atoms with E-state index in [0.717, 1.165) is 23.9 Å². The molecule has 0 saturated heterocycles. The molecule has 1 N–H and O–H groups in total. The number of thioether (sulfide) groups is 1. The van der Waals surface area contributed by atoms with Crippen LogP contribution in [0, 0.1) is 17.5 Å². The van der Waals surface area contributed by atoms with Crippen LogP contribution in [0.2, 0.25) is 0 Å². The molecule has 0 bridgehead atoms. The van der Waals surface area contributed by atoms with Crippen molar-refractivity contribution in [1.82, 2.24) is 0 Å². The van der Waals surface area contributed by atoms with Crippen molar-refractivity contribution in [3.05, 3.63) is 59.4 Å². The summed E-state index contributed by atoms with van der Waals surface area (Å²) >= 11 is 0.840. The predicted molar refractivity (Wildman–Crippen MR) is 102 cm³/mol. The van der Waals surface area contributed by atoms with Gasteiger partial charge in [-0.25, -0.2) is 13.2 Å². The second kappa shape index (κ2) is 8.68. The Hall–Kier alpha value is -2.48. The van der Waals surface area contributed by atoms with E-state index in [1.54, 1.807) is 20.8 Å². The molecule has 0 aromatic heterocycles. The molecule has 2 rings (SSSR count). The Morgan fingerprint density at radius 3 is 2.36 bits per heavy atom. The zero-order chi connectivity index (χ0) is 21.1. The van der Waals surface area contributed by atoms with Crippen LogP contribution in [-0.2, 0) is 9.53 Å². The number of esters is 1. The molecule has 150 valence electrons. The van der Waals surface area contributed by atoms with E-state index in [1.165, 1.54) is 25.1 Å². The number of anilines is 1. The molecule has 1 unspecified atom stereocenters. The number of nitrogens with one attached hydrogen (secondary N) is 1. The van der Waals surface area contributed by atoms with Gasteiger partial charge in [0.1, 0.15) is 28.3 Å². The molecule has 28 heavy (non-hydrogen) atoms. The molecule has 0 heterocycles. The number of hydrogen-bond donors (Lipinski definition) is 1. The number of halogens is 3. The summed E-state index contributed by atoms with van der Waals surface area (Å²) in [5.74, 6) is -3.78. The minimum absolute atomic E-state index is 0.0138. The molecule has 2 aromatic rings. The van der Waals surface area contributed by atoms with Gasteiger partial charge in [0.05, 0.1) is 5.69 Å². The smallest absolute Gasteiger partial charge is 0.319 e. The Morgan fingerprint density at radius 1 is 1.07 bits per heavy atom. The van der Waals surface area contributed by atoms with Crippen molar-refractivity contribution in [2.75, 3.05) is 5.32 Å². The highest BCUT2D eigenvalue weighted by Crippen LogP contribution is 2.31. The van der Waals surface area contributed by atoms with Gasteiger partial charge in [0.2, 0.25) is 0 Å². The second-order valence-electron chi connectivity index (χ2n) is 7.02. The van der Waals surface area contributed by atoms with Gasteiger partial charge in [0, 0.05) is 16.5 Å². The summed E-state index contributed by atoms with van der Waals surface area (Å²) in [6, 6.07) is 6.58. The number of rotatable bonds is 5. The van der Waals surface area contributed by atoms with Crippen LogP contribution < -0.4 is 5.32 Å². The van der Waals surface area contributed by atoms with E-state index in [1.807, 2.05) is 0 Å². The summed E-state index contributed by atoms with van der Waals surface area (Å²) in [7, 11) is 0. The van der Waals surface area contributed by atoms with Crippen LogP contribution in [0.25, 0.3) is 0 Å². The first kappa shape index (κ1) is 21.8. The van der Waals surface area contributed by atoms with Crippen molar-refractivity contribution in [2.24, 2.45) is 0 Å². The van der Waals surface area contributed by atoms with Gasteiger partial charge in [0.15, 0.2) is 0 Å². The fourth-order valence-corrected chi connectivity index (χ4v) is 3.05. The molecular weight excluding hydrogens is 391 g/mol. The quantitative estimate of drug-likeness (QED) is 0.544. The monoisotopic (exact) mass is 411 g/mol. The molecule has 2 aromatic carbocycles. The van der Waals surface area contributed by atoms with E-state index in [-0.39, 0.29) is 16.1 Å². The van der Waals surface area contributed by atoms with Crippen LogP contribution in [-0.4, -0.2) is 22.7 Å². The van der Waals surface area contributed by atoms with Crippen LogP contribution in [0.4, 0.5) is 18.9 Å². The number of amides is 1. The normalized spacial score (nSPS) is 12.4. The van der Waals surface area contributed by atoms with Gasteiger partial charge >= 0.3 is 5.97 Å². The Labute approximate surface area is 165 Å². The summed E-state index contributed by atoms with van der Waals surface area (Å²) in [6.07, 6.45) is 0. The van der Waals surface area contributed by atoms with Gasteiger partial charge in [-0.15, -0.1) is 11.8 Å². The SMILES string of the molecule is CC(Sc1cc(NC(=O)c2cccc(F)c2)c(F)cc1F)C(=O)OC(C)(C)C. The Balaban J connectivity index is 2.19. The average molecular weight is 411 g/mol. The Kier molecular flexibility index (Phi) is 6.77. The van der Waals surface area contributed by atoms with Gasteiger partial charge in [-0.2, -0.15) is 0 Å². The molecule has 0 fully saturated rings. The average Bonchev–Trinajstić information content (AvgIpc) is 2.57. The van der Waals surface area contributed by atoms with Crippen LogP contribution >= 0.6 is 11.8 Å². The van der Waals surface area contributed by atoms with Gasteiger partial charge < -0.3 is 10.1 Å². The highest BCUT2D eigenvalue weighted by molar-refractivity contribution is 8.00. The highest BCUT2D eigenvalue weighted by atomic mass is 32.2. The first-order valence-electron chi connectivity index (χ1n) is 8.42. The second-order valence-corrected chi connectivity index (χ2v) is 8.40. The molecule has 0 spiro atoms. The lowest BCUT2D eigenvalue weighted by Crippen LogP contribution is -2.28. The van der Waals surface area contributed by atoms with Crippen LogP contribution in [0.1, 0.15) is 38.1 Å². The predicted octanol–water partition coefficient (Wildman–Crippen LogP) is 5.18. The minimum Gasteiger partial charge on any atom is -0.459 e. The minimum atomic E-state index is -0.989. The van der Waals surface area contributed by atoms with E-state index in [2.05, 4.69) is 5.32 Å². The summed E-state index contributed by atoms with van der Waals surface area (Å²) < 4.78 is 46.7. The Bertz CT molecular complexity index is 897.